The van der Waals surface area contributed by atoms with Crippen LogP contribution in [0.4, 0.5) is 0 Å². The summed E-state index contributed by atoms with van der Waals surface area (Å²) in [6, 6.07) is 9.66. The first-order chi connectivity index (χ1) is 19.0. The molecule has 1 N–H and O–H groups in total. The molecule has 1 aromatic carbocycles. The number of likely N-dealkylation sites (tertiary alicyclic amines) is 1. The Morgan fingerprint density at radius 1 is 1.05 bits per heavy atom. The lowest BCUT2D eigenvalue weighted by molar-refractivity contribution is -0.146. The van der Waals surface area contributed by atoms with Crippen LogP contribution in [0.2, 0.25) is 0 Å². The fourth-order valence-corrected chi connectivity index (χ4v) is 5.95. The number of hydrogen-bond acceptors (Lipinski definition) is 5. The van der Waals surface area contributed by atoms with Crippen LogP contribution in [-0.2, 0) is 30.3 Å². The molecule has 1 aromatic rings. The fraction of sp³-hybridized carbons (Fsp3) is 0.719. The third kappa shape index (κ3) is 9.30. The zero-order valence-corrected chi connectivity index (χ0v) is 26.0. The van der Waals surface area contributed by atoms with Crippen LogP contribution in [0.3, 0.4) is 0 Å². The summed E-state index contributed by atoms with van der Waals surface area (Å²) in [7, 11) is 5.07. The zero-order chi connectivity index (χ0) is 29.8. The van der Waals surface area contributed by atoms with Crippen molar-refractivity contribution in [1.82, 2.24) is 15.1 Å². The van der Waals surface area contributed by atoms with Crippen LogP contribution < -0.4 is 5.32 Å². The number of methoxy groups -OCH3 is 2. The number of benzene rings is 1. The van der Waals surface area contributed by atoms with E-state index in [9.17, 15) is 14.4 Å². The van der Waals surface area contributed by atoms with Crippen molar-refractivity contribution in [2.45, 2.75) is 97.4 Å². The van der Waals surface area contributed by atoms with Crippen molar-refractivity contribution in [1.29, 1.82) is 0 Å². The zero-order valence-electron chi connectivity index (χ0n) is 26.0. The topological polar surface area (TPSA) is 88.2 Å². The molecule has 3 amide bonds. The second kappa shape index (κ2) is 16.7. The fourth-order valence-electron chi connectivity index (χ4n) is 5.95. The van der Waals surface area contributed by atoms with Gasteiger partial charge in [0.05, 0.1) is 36.6 Å². The van der Waals surface area contributed by atoms with Gasteiger partial charge in [0.2, 0.25) is 17.7 Å². The van der Waals surface area contributed by atoms with Crippen molar-refractivity contribution >= 4 is 17.7 Å². The number of likely N-dealkylation sites (N-methyl/N-ethyl adjacent to an activating group) is 1. The molecule has 0 radical (unpaired) electrons. The lowest BCUT2D eigenvalue weighted by Crippen LogP contribution is -2.53. The van der Waals surface area contributed by atoms with Gasteiger partial charge in [0, 0.05) is 40.8 Å². The van der Waals surface area contributed by atoms with Crippen LogP contribution in [0.5, 0.6) is 0 Å². The summed E-state index contributed by atoms with van der Waals surface area (Å²) in [5.41, 5.74) is 1.17. The number of hydrogen-bond donors (Lipinski definition) is 1. The molecule has 1 aliphatic rings. The van der Waals surface area contributed by atoms with Gasteiger partial charge in [0.15, 0.2) is 0 Å². The molecular weight excluding hydrogens is 506 g/mol. The number of ether oxygens (including phenoxy) is 2. The highest BCUT2D eigenvalue weighted by atomic mass is 16.5. The van der Waals surface area contributed by atoms with E-state index in [4.69, 9.17) is 9.47 Å². The third-order valence-corrected chi connectivity index (χ3v) is 8.44. The van der Waals surface area contributed by atoms with Crippen molar-refractivity contribution in [2.75, 3.05) is 34.4 Å². The Morgan fingerprint density at radius 2 is 1.73 bits per heavy atom. The van der Waals surface area contributed by atoms with Gasteiger partial charge in [0.1, 0.15) is 0 Å². The molecule has 1 saturated heterocycles. The highest BCUT2D eigenvalue weighted by Crippen LogP contribution is 2.29. The van der Waals surface area contributed by atoms with Crippen molar-refractivity contribution in [3.05, 3.63) is 35.9 Å². The summed E-state index contributed by atoms with van der Waals surface area (Å²) >= 11 is 0. The lowest BCUT2D eigenvalue weighted by Gasteiger charge is -2.39. The Morgan fingerprint density at radius 3 is 2.30 bits per heavy atom. The molecule has 1 heterocycles. The molecule has 6 unspecified atom stereocenters. The lowest BCUT2D eigenvalue weighted by atomic mass is 9.90. The summed E-state index contributed by atoms with van der Waals surface area (Å²) in [6.45, 7) is 11.3. The maximum atomic E-state index is 13.7. The van der Waals surface area contributed by atoms with E-state index in [0.717, 1.165) is 25.7 Å². The van der Waals surface area contributed by atoms with Crippen LogP contribution in [-0.4, -0.2) is 86.2 Å². The minimum absolute atomic E-state index is 0.0221. The number of amides is 3. The van der Waals surface area contributed by atoms with Crippen molar-refractivity contribution in [3.8, 4) is 0 Å². The molecule has 40 heavy (non-hydrogen) atoms. The van der Waals surface area contributed by atoms with Gasteiger partial charge in [0.25, 0.3) is 0 Å². The first kappa shape index (κ1) is 33.8. The summed E-state index contributed by atoms with van der Waals surface area (Å²) in [5.74, 6) is -0.0147. The van der Waals surface area contributed by atoms with Gasteiger partial charge in [-0.05, 0) is 36.7 Å². The molecule has 6 atom stereocenters. The third-order valence-electron chi connectivity index (χ3n) is 8.44. The highest BCUT2D eigenvalue weighted by Gasteiger charge is 2.41. The van der Waals surface area contributed by atoms with Gasteiger partial charge in [-0.15, -0.1) is 0 Å². The number of nitrogens with zero attached hydrogens (tertiary/aromatic N) is 2. The number of carbonyl (C=O) groups excluding carboxylic acids is 3. The molecule has 0 aliphatic carbocycles. The van der Waals surface area contributed by atoms with Gasteiger partial charge >= 0.3 is 0 Å². The van der Waals surface area contributed by atoms with Crippen molar-refractivity contribution in [2.24, 2.45) is 17.8 Å². The molecule has 1 aliphatic heterocycles. The van der Waals surface area contributed by atoms with E-state index < -0.39 is 18.1 Å². The monoisotopic (exact) mass is 559 g/mol. The predicted molar refractivity (Wildman–Crippen MR) is 159 cm³/mol. The Labute approximate surface area is 242 Å². The normalized spacial score (nSPS) is 19.1. The summed E-state index contributed by atoms with van der Waals surface area (Å²) < 4.78 is 11.8. The SMILES string of the molecule is CCC(C)C(C(CC(=O)N1CCCC1C(OC)C(C)C(=O)NCCc1ccccc1)OC)N(C)C(=O)CC(C)C. The maximum absolute atomic E-state index is 13.7. The Kier molecular flexibility index (Phi) is 14.1. The average Bonchev–Trinajstić information content (AvgIpc) is 3.42. The molecule has 8 nitrogen and oxygen atoms in total. The second-order valence-corrected chi connectivity index (χ2v) is 11.8. The summed E-state index contributed by atoms with van der Waals surface area (Å²) in [5, 5.41) is 3.04. The van der Waals surface area contributed by atoms with Gasteiger partial charge in [-0.3, -0.25) is 14.4 Å². The molecule has 0 spiro atoms. The Hall–Kier alpha value is -2.45. The Bertz CT molecular complexity index is 924. The van der Waals surface area contributed by atoms with Gasteiger partial charge in [-0.25, -0.2) is 0 Å². The minimum atomic E-state index is -0.426. The average molecular weight is 560 g/mol. The quantitative estimate of drug-likeness (QED) is 0.326. The standard InChI is InChI=1S/C32H53N3O5/c1-9-23(4)30(34(6)28(36)20-22(2)3)27(39-7)21-29(37)35-19-13-16-26(35)31(40-8)24(5)32(38)33-18-17-25-14-11-10-12-15-25/h10-12,14-15,22-24,26-27,30-31H,9,13,16-21H2,1-8H3,(H,33,38). The minimum Gasteiger partial charge on any atom is -0.379 e. The van der Waals surface area contributed by atoms with Gasteiger partial charge in [-0.2, -0.15) is 0 Å². The molecule has 1 fully saturated rings. The first-order valence-corrected chi connectivity index (χ1v) is 15.0. The van der Waals surface area contributed by atoms with E-state index in [2.05, 4.69) is 19.2 Å². The molecule has 0 bridgehead atoms. The molecule has 226 valence electrons. The molecule has 2 rings (SSSR count). The van der Waals surface area contributed by atoms with Crippen LogP contribution in [0.15, 0.2) is 30.3 Å². The number of rotatable bonds is 16. The molecular formula is C32H53N3O5. The van der Waals surface area contributed by atoms with Gasteiger partial charge < -0.3 is 24.6 Å². The Balaban J connectivity index is 2.09. The predicted octanol–water partition coefficient (Wildman–Crippen LogP) is 4.31. The maximum Gasteiger partial charge on any atom is 0.225 e. The van der Waals surface area contributed by atoms with Crippen LogP contribution >= 0.6 is 0 Å². The van der Waals surface area contributed by atoms with E-state index in [-0.39, 0.29) is 48.1 Å². The van der Waals surface area contributed by atoms with Gasteiger partial charge in [-0.1, -0.05) is 71.4 Å². The van der Waals surface area contributed by atoms with Crippen LogP contribution in [0, 0.1) is 17.8 Å². The largest absolute Gasteiger partial charge is 0.379 e. The molecule has 0 aromatic heterocycles. The van der Waals surface area contributed by atoms with Crippen LogP contribution in [0.25, 0.3) is 0 Å². The van der Waals surface area contributed by atoms with Crippen molar-refractivity contribution < 1.29 is 23.9 Å². The van der Waals surface area contributed by atoms with E-state index in [1.54, 1.807) is 19.1 Å². The molecule has 0 saturated carbocycles. The van der Waals surface area contributed by atoms with Crippen molar-refractivity contribution in [3.63, 3.8) is 0 Å². The number of nitrogens with one attached hydrogen (secondary N) is 1. The highest BCUT2D eigenvalue weighted by molar-refractivity contribution is 5.80. The van der Waals surface area contributed by atoms with E-state index in [0.29, 0.717) is 19.5 Å². The second-order valence-electron chi connectivity index (χ2n) is 11.8. The van der Waals surface area contributed by atoms with E-state index in [1.807, 2.05) is 63.1 Å². The van der Waals surface area contributed by atoms with Crippen LogP contribution in [0.1, 0.15) is 72.3 Å². The van der Waals surface area contributed by atoms with E-state index >= 15 is 0 Å². The summed E-state index contributed by atoms with van der Waals surface area (Å²) in [4.78, 5) is 43.4. The first-order valence-electron chi connectivity index (χ1n) is 15.0. The summed E-state index contributed by atoms with van der Waals surface area (Å²) in [6.07, 6.45) is 3.07. The number of carbonyl (C=O) groups is 3. The smallest absolute Gasteiger partial charge is 0.225 e. The molecule has 8 heteroatoms. The van der Waals surface area contributed by atoms with E-state index in [1.165, 1.54) is 5.56 Å².